The summed E-state index contributed by atoms with van der Waals surface area (Å²) in [7, 11) is 1.67. The van der Waals surface area contributed by atoms with E-state index in [1.54, 1.807) is 7.11 Å². The van der Waals surface area contributed by atoms with Crippen LogP contribution in [-0.2, 0) is 4.79 Å². The summed E-state index contributed by atoms with van der Waals surface area (Å²) in [5.74, 6) is 1.32. The second-order valence-electron chi connectivity index (χ2n) is 7.47. The number of H-pyrrole nitrogens is 1. The number of hydrogen-bond acceptors (Lipinski definition) is 6. The Bertz CT molecular complexity index is 915. The summed E-state index contributed by atoms with van der Waals surface area (Å²) in [5, 5.41) is 0.496. The van der Waals surface area contributed by atoms with Gasteiger partial charge >= 0.3 is 0 Å². The highest BCUT2D eigenvalue weighted by Crippen LogP contribution is 2.30. The normalized spacial score (nSPS) is 16.9. The van der Waals surface area contributed by atoms with Crippen LogP contribution in [0.4, 0.5) is 5.69 Å². The molecule has 2 heterocycles. The first-order chi connectivity index (χ1) is 13.9. The number of aromatic nitrogens is 2. The second kappa shape index (κ2) is 9.35. The van der Waals surface area contributed by atoms with Crippen molar-refractivity contribution >= 4 is 23.4 Å². The van der Waals surface area contributed by atoms with Crippen molar-refractivity contribution in [2.75, 3.05) is 37.4 Å². The maximum absolute atomic E-state index is 12.7. The van der Waals surface area contributed by atoms with E-state index in [0.717, 1.165) is 23.7 Å². The number of nitrogens with zero attached hydrogens (tertiary/aromatic N) is 3. The molecule has 1 amide bonds. The number of ether oxygens (including phenoxy) is 1. The summed E-state index contributed by atoms with van der Waals surface area (Å²) in [6.45, 7) is 8.14. The number of thioether (sulfide) groups is 1. The molecule has 0 spiro atoms. The highest BCUT2D eigenvalue weighted by atomic mass is 32.2. The lowest BCUT2D eigenvalue weighted by atomic mass is 10.1. The predicted molar refractivity (Wildman–Crippen MR) is 116 cm³/mol. The van der Waals surface area contributed by atoms with Crippen LogP contribution in [0.2, 0.25) is 0 Å². The molecule has 1 N–H and O–H groups in total. The van der Waals surface area contributed by atoms with Gasteiger partial charge in [-0.2, -0.15) is 0 Å². The standard InChI is InChI=1S/C21H28N4O3S/c1-14(2)16-11-19(26)23-21(22-16)29-13-20(27)24-9-10-25(15(3)12-24)17-7-5-6-8-18(17)28-4/h5-8,11,14-15H,9-10,12-13H2,1-4H3,(H,22,23,26)/t15-/m1/s1. The molecule has 1 atom stereocenters. The number of anilines is 1. The van der Waals surface area contributed by atoms with Gasteiger partial charge in [-0.05, 0) is 25.0 Å². The quantitative estimate of drug-likeness (QED) is 0.576. The Hall–Kier alpha value is -2.48. The fourth-order valence-electron chi connectivity index (χ4n) is 3.45. The van der Waals surface area contributed by atoms with E-state index in [2.05, 4.69) is 21.8 Å². The topological polar surface area (TPSA) is 78.5 Å². The Kier molecular flexibility index (Phi) is 6.84. The minimum Gasteiger partial charge on any atom is -0.495 e. The van der Waals surface area contributed by atoms with Crippen LogP contribution in [0.3, 0.4) is 0 Å². The van der Waals surface area contributed by atoms with Crippen LogP contribution in [0.1, 0.15) is 32.4 Å². The lowest BCUT2D eigenvalue weighted by Gasteiger charge is -2.41. The SMILES string of the molecule is COc1ccccc1N1CCN(C(=O)CSc2nc(C(C)C)cc(=O)[nH]2)C[C@H]1C. The number of carbonyl (C=O) groups is 1. The van der Waals surface area contributed by atoms with Gasteiger partial charge in [-0.3, -0.25) is 9.59 Å². The van der Waals surface area contributed by atoms with Crippen LogP contribution in [0.25, 0.3) is 0 Å². The van der Waals surface area contributed by atoms with Gasteiger partial charge < -0.3 is 19.5 Å². The molecule has 8 heteroatoms. The highest BCUT2D eigenvalue weighted by molar-refractivity contribution is 7.99. The summed E-state index contributed by atoms with van der Waals surface area (Å²) in [5.41, 5.74) is 1.61. The van der Waals surface area contributed by atoms with E-state index in [1.165, 1.54) is 17.8 Å². The molecule has 0 bridgehead atoms. The van der Waals surface area contributed by atoms with Gasteiger partial charge in [0.1, 0.15) is 5.75 Å². The van der Waals surface area contributed by atoms with Crippen LogP contribution in [0, 0.1) is 0 Å². The van der Waals surface area contributed by atoms with Gasteiger partial charge in [0.15, 0.2) is 5.16 Å². The lowest BCUT2D eigenvalue weighted by molar-refractivity contribution is -0.129. The highest BCUT2D eigenvalue weighted by Gasteiger charge is 2.28. The molecular weight excluding hydrogens is 388 g/mol. The van der Waals surface area contributed by atoms with Crippen LogP contribution in [0.5, 0.6) is 5.75 Å². The molecule has 29 heavy (non-hydrogen) atoms. The molecule has 1 aliphatic heterocycles. The van der Waals surface area contributed by atoms with E-state index >= 15 is 0 Å². The van der Waals surface area contributed by atoms with Crippen LogP contribution in [-0.4, -0.2) is 59.3 Å². The van der Waals surface area contributed by atoms with E-state index in [4.69, 9.17) is 4.74 Å². The first kappa shape index (κ1) is 21.2. The average molecular weight is 417 g/mol. The Morgan fingerprint density at radius 1 is 1.34 bits per heavy atom. The molecule has 1 aromatic heterocycles. The van der Waals surface area contributed by atoms with E-state index in [1.807, 2.05) is 43.0 Å². The van der Waals surface area contributed by atoms with Crippen molar-refractivity contribution in [3.63, 3.8) is 0 Å². The van der Waals surface area contributed by atoms with Crippen LogP contribution < -0.4 is 15.2 Å². The van der Waals surface area contributed by atoms with Gasteiger partial charge in [0.25, 0.3) is 5.56 Å². The summed E-state index contributed by atoms with van der Waals surface area (Å²) in [6, 6.07) is 9.64. The van der Waals surface area contributed by atoms with E-state index < -0.39 is 0 Å². The minimum atomic E-state index is -0.183. The van der Waals surface area contributed by atoms with Gasteiger partial charge in [0, 0.05) is 31.7 Å². The zero-order valence-electron chi connectivity index (χ0n) is 17.3. The van der Waals surface area contributed by atoms with Gasteiger partial charge in [-0.15, -0.1) is 0 Å². The Morgan fingerprint density at radius 3 is 2.79 bits per heavy atom. The number of benzene rings is 1. The zero-order chi connectivity index (χ0) is 21.0. The number of para-hydroxylation sites is 2. The average Bonchev–Trinajstić information content (AvgIpc) is 2.71. The molecule has 1 aromatic carbocycles. The summed E-state index contributed by atoms with van der Waals surface area (Å²) >= 11 is 1.28. The van der Waals surface area contributed by atoms with E-state index in [-0.39, 0.29) is 29.2 Å². The summed E-state index contributed by atoms with van der Waals surface area (Å²) in [6.07, 6.45) is 0. The number of aromatic amines is 1. The molecule has 0 unspecified atom stereocenters. The lowest BCUT2D eigenvalue weighted by Crippen LogP contribution is -2.54. The van der Waals surface area contributed by atoms with Crippen molar-refractivity contribution in [1.29, 1.82) is 0 Å². The van der Waals surface area contributed by atoms with Gasteiger partial charge in [0.05, 0.1) is 24.2 Å². The molecule has 2 aromatic rings. The van der Waals surface area contributed by atoms with Crippen molar-refractivity contribution in [3.05, 3.63) is 46.4 Å². The largest absolute Gasteiger partial charge is 0.495 e. The van der Waals surface area contributed by atoms with Gasteiger partial charge in [-0.25, -0.2) is 4.98 Å². The first-order valence-electron chi connectivity index (χ1n) is 9.80. The molecule has 7 nitrogen and oxygen atoms in total. The van der Waals surface area contributed by atoms with Gasteiger partial charge in [-0.1, -0.05) is 37.7 Å². The number of hydrogen-bond donors (Lipinski definition) is 1. The van der Waals surface area contributed by atoms with Gasteiger partial charge in [0.2, 0.25) is 5.91 Å². The maximum atomic E-state index is 12.7. The maximum Gasteiger partial charge on any atom is 0.251 e. The fourth-order valence-corrected chi connectivity index (χ4v) is 4.23. The third-order valence-corrected chi connectivity index (χ3v) is 5.90. The molecule has 3 rings (SSSR count). The number of methoxy groups -OCH3 is 1. The predicted octanol–water partition coefficient (Wildman–Crippen LogP) is 2.73. The van der Waals surface area contributed by atoms with E-state index in [9.17, 15) is 9.59 Å². The fraction of sp³-hybridized carbons (Fsp3) is 0.476. The van der Waals surface area contributed by atoms with E-state index in [0.29, 0.717) is 18.2 Å². The summed E-state index contributed by atoms with van der Waals surface area (Å²) < 4.78 is 5.48. The van der Waals surface area contributed by atoms with Crippen molar-refractivity contribution < 1.29 is 9.53 Å². The molecule has 1 aliphatic rings. The monoisotopic (exact) mass is 416 g/mol. The molecule has 0 saturated carbocycles. The molecule has 1 saturated heterocycles. The first-order valence-corrected chi connectivity index (χ1v) is 10.8. The van der Waals surface area contributed by atoms with Crippen molar-refractivity contribution in [2.45, 2.75) is 37.9 Å². The Labute approximate surface area is 175 Å². The molecular formula is C21H28N4O3S. The zero-order valence-corrected chi connectivity index (χ0v) is 18.2. The second-order valence-corrected chi connectivity index (χ2v) is 8.44. The number of piperazine rings is 1. The third kappa shape index (κ3) is 5.12. The van der Waals surface area contributed by atoms with Crippen molar-refractivity contribution in [2.24, 2.45) is 0 Å². The number of amides is 1. The number of carbonyl (C=O) groups excluding carboxylic acids is 1. The Morgan fingerprint density at radius 2 is 2.10 bits per heavy atom. The molecule has 0 aliphatic carbocycles. The number of nitrogens with one attached hydrogen (secondary N) is 1. The molecule has 1 fully saturated rings. The van der Waals surface area contributed by atoms with Crippen molar-refractivity contribution in [1.82, 2.24) is 14.9 Å². The third-order valence-electron chi connectivity index (χ3n) is 5.04. The minimum absolute atomic E-state index is 0.0547. The van der Waals surface area contributed by atoms with Crippen LogP contribution in [0.15, 0.2) is 40.3 Å². The Balaban J connectivity index is 1.60. The smallest absolute Gasteiger partial charge is 0.251 e. The molecule has 0 radical (unpaired) electrons. The number of rotatable bonds is 6. The van der Waals surface area contributed by atoms with Crippen LogP contribution >= 0.6 is 11.8 Å². The van der Waals surface area contributed by atoms with Crippen molar-refractivity contribution in [3.8, 4) is 5.75 Å². The summed E-state index contributed by atoms with van der Waals surface area (Å²) in [4.78, 5) is 35.9. The molecule has 156 valence electrons.